The smallest absolute Gasteiger partial charge is 0.175 e. The molecule has 0 radical (unpaired) electrons. The summed E-state index contributed by atoms with van der Waals surface area (Å²) in [6.07, 6.45) is 0. The monoisotopic (exact) mass is 431 g/mol. The quantitative estimate of drug-likeness (QED) is 0.595. The molecular weight excluding hydrogens is 413 g/mol. The van der Waals surface area contributed by atoms with Crippen molar-refractivity contribution in [3.8, 4) is 11.5 Å². The Morgan fingerprint density at radius 3 is 2.42 bits per heavy atom. The maximum Gasteiger partial charge on any atom is 0.175 e. The van der Waals surface area contributed by atoms with Crippen molar-refractivity contribution in [2.24, 2.45) is 0 Å². The second-order valence-corrected chi connectivity index (χ2v) is 7.30. The van der Waals surface area contributed by atoms with Gasteiger partial charge in [0.05, 0.1) is 11.6 Å². The molecule has 1 N–H and O–H groups in total. The van der Waals surface area contributed by atoms with Gasteiger partial charge in [0.1, 0.15) is 6.61 Å². The van der Waals surface area contributed by atoms with Crippen LogP contribution < -0.4 is 14.8 Å². The molecule has 2 rings (SSSR count). The predicted molar refractivity (Wildman–Crippen MR) is 103 cm³/mol. The first-order valence-corrected chi connectivity index (χ1v) is 9.12. The summed E-state index contributed by atoms with van der Waals surface area (Å²) < 4.78 is 12.2. The highest BCUT2D eigenvalue weighted by molar-refractivity contribution is 9.10. The fraction of sp³-hybridized carbons (Fsp3) is 0.333. The van der Waals surface area contributed by atoms with E-state index >= 15 is 0 Å². The van der Waals surface area contributed by atoms with E-state index in [1.54, 1.807) is 25.3 Å². The van der Waals surface area contributed by atoms with Crippen molar-refractivity contribution in [3.05, 3.63) is 56.0 Å². The molecule has 0 bridgehead atoms. The third kappa shape index (κ3) is 5.03. The Morgan fingerprint density at radius 2 is 1.83 bits per heavy atom. The zero-order valence-corrected chi connectivity index (χ0v) is 16.9. The van der Waals surface area contributed by atoms with Crippen molar-refractivity contribution in [1.82, 2.24) is 5.32 Å². The Morgan fingerprint density at radius 1 is 1.17 bits per heavy atom. The van der Waals surface area contributed by atoms with Crippen LogP contribution in [-0.4, -0.2) is 13.2 Å². The molecule has 0 aromatic heterocycles. The molecule has 0 amide bonds. The van der Waals surface area contributed by atoms with Crippen molar-refractivity contribution in [1.29, 1.82) is 0 Å². The van der Waals surface area contributed by atoms with E-state index in [-0.39, 0.29) is 6.61 Å². The van der Waals surface area contributed by atoms with E-state index in [0.29, 0.717) is 27.6 Å². The highest BCUT2D eigenvalue weighted by Gasteiger charge is 2.14. The molecule has 0 aliphatic carbocycles. The topological polar surface area (TPSA) is 30.5 Å². The van der Waals surface area contributed by atoms with E-state index in [1.807, 2.05) is 12.1 Å². The molecule has 130 valence electrons. The maximum absolute atomic E-state index is 6.19. The highest BCUT2D eigenvalue weighted by Crippen LogP contribution is 2.38. The Kier molecular flexibility index (Phi) is 7.23. The average Bonchev–Trinajstić information content (AvgIpc) is 2.53. The van der Waals surface area contributed by atoms with E-state index in [1.165, 1.54) is 0 Å². The standard InChI is InChI=1S/C18H20BrCl2NO2/c1-11(2)22-9-12-7-14(19)18(17(8-12)23-3)24-10-13-15(20)5-4-6-16(13)21/h4-8,11,22H,9-10H2,1-3H3. The van der Waals surface area contributed by atoms with Crippen LogP contribution in [0.5, 0.6) is 11.5 Å². The van der Waals surface area contributed by atoms with Gasteiger partial charge < -0.3 is 14.8 Å². The summed E-state index contributed by atoms with van der Waals surface area (Å²) in [4.78, 5) is 0. The van der Waals surface area contributed by atoms with Gasteiger partial charge in [-0.3, -0.25) is 0 Å². The van der Waals surface area contributed by atoms with Crippen molar-refractivity contribution in [2.45, 2.75) is 33.0 Å². The highest BCUT2D eigenvalue weighted by atomic mass is 79.9. The van der Waals surface area contributed by atoms with E-state index in [0.717, 1.165) is 22.1 Å². The van der Waals surface area contributed by atoms with Crippen LogP contribution in [0.4, 0.5) is 0 Å². The molecule has 0 unspecified atom stereocenters. The van der Waals surface area contributed by atoms with Crippen LogP contribution in [0.15, 0.2) is 34.8 Å². The van der Waals surface area contributed by atoms with Gasteiger partial charge in [0.2, 0.25) is 0 Å². The fourth-order valence-corrected chi connectivity index (χ4v) is 3.26. The Labute approximate surface area is 161 Å². The maximum atomic E-state index is 6.19. The molecule has 0 atom stereocenters. The van der Waals surface area contributed by atoms with Gasteiger partial charge in [-0.05, 0) is 45.8 Å². The van der Waals surface area contributed by atoms with Crippen molar-refractivity contribution in [3.63, 3.8) is 0 Å². The van der Waals surface area contributed by atoms with Crippen LogP contribution >= 0.6 is 39.1 Å². The summed E-state index contributed by atoms with van der Waals surface area (Å²) in [6.45, 7) is 5.23. The largest absolute Gasteiger partial charge is 0.493 e. The number of methoxy groups -OCH3 is 1. The van der Waals surface area contributed by atoms with Gasteiger partial charge in [-0.2, -0.15) is 0 Å². The number of rotatable bonds is 7. The summed E-state index contributed by atoms with van der Waals surface area (Å²) >= 11 is 15.9. The van der Waals surface area contributed by atoms with E-state index < -0.39 is 0 Å². The third-order valence-corrected chi connectivity index (χ3v) is 4.72. The SMILES string of the molecule is COc1cc(CNC(C)C)cc(Br)c1OCc1c(Cl)cccc1Cl. The Balaban J connectivity index is 2.20. The van der Waals surface area contributed by atoms with Crippen molar-refractivity contribution >= 4 is 39.1 Å². The van der Waals surface area contributed by atoms with Gasteiger partial charge in [-0.1, -0.05) is 43.1 Å². The zero-order valence-electron chi connectivity index (χ0n) is 13.8. The molecule has 3 nitrogen and oxygen atoms in total. The molecule has 24 heavy (non-hydrogen) atoms. The van der Waals surface area contributed by atoms with Gasteiger partial charge in [0.25, 0.3) is 0 Å². The molecule has 2 aromatic carbocycles. The molecule has 0 spiro atoms. The summed E-state index contributed by atoms with van der Waals surface area (Å²) in [5, 5.41) is 4.54. The van der Waals surface area contributed by atoms with Gasteiger partial charge >= 0.3 is 0 Å². The summed E-state index contributed by atoms with van der Waals surface area (Å²) in [5.41, 5.74) is 1.86. The molecule has 0 aliphatic heterocycles. The van der Waals surface area contributed by atoms with E-state index in [4.69, 9.17) is 32.7 Å². The minimum absolute atomic E-state index is 0.261. The fourth-order valence-electron chi connectivity index (χ4n) is 2.15. The van der Waals surface area contributed by atoms with Gasteiger partial charge in [0, 0.05) is 28.2 Å². The molecule has 0 aliphatic rings. The van der Waals surface area contributed by atoms with Gasteiger partial charge in [0.15, 0.2) is 11.5 Å². The van der Waals surface area contributed by atoms with Gasteiger partial charge in [-0.15, -0.1) is 0 Å². The number of hydrogen-bond acceptors (Lipinski definition) is 3. The lowest BCUT2D eigenvalue weighted by Gasteiger charge is -2.16. The van der Waals surface area contributed by atoms with Crippen LogP contribution in [0, 0.1) is 0 Å². The van der Waals surface area contributed by atoms with Crippen molar-refractivity contribution in [2.75, 3.05) is 7.11 Å². The van der Waals surface area contributed by atoms with Crippen molar-refractivity contribution < 1.29 is 9.47 Å². The van der Waals surface area contributed by atoms with Crippen LogP contribution in [0.1, 0.15) is 25.0 Å². The number of benzene rings is 2. The first kappa shape index (κ1) is 19.4. The number of hydrogen-bond donors (Lipinski definition) is 1. The van der Waals surface area contributed by atoms with Crippen LogP contribution in [0.3, 0.4) is 0 Å². The van der Waals surface area contributed by atoms with Crippen LogP contribution in [0.25, 0.3) is 0 Å². The third-order valence-electron chi connectivity index (χ3n) is 3.43. The lowest BCUT2D eigenvalue weighted by Crippen LogP contribution is -2.21. The number of ether oxygens (including phenoxy) is 2. The summed E-state index contributed by atoms with van der Waals surface area (Å²) in [6, 6.07) is 9.78. The number of nitrogens with one attached hydrogen (secondary N) is 1. The minimum Gasteiger partial charge on any atom is -0.493 e. The number of halogens is 3. The zero-order chi connectivity index (χ0) is 17.7. The van der Waals surface area contributed by atoms with Crippen LogP contribution in [0.2, 0.25) is 10.0 Å². The molecule has 0 saturated carbocycles. The molecule has 0 saturated heterocycles. The summed E-state index contributed by atoms with van der Waals surface area (Å²) in [7, 11) is 1.62. The second-order valence-electron chi connectivity index (χ2n) is 5.63. The molecule has 0 fully saturated rings. The minimum atomic E-state index is 0.261. The molecule has 6 heteroatoms. The first-order chi connectivity index (χ1) is 11.4. The first-order valence-electron chi connectivity index (χ1n) is 7.57. The van der Waals surface area contributed by atoms with Gasteiger partial charge in [-0.25, -0.2) is 0 Å². The average molecular weight is 433 g/mol. The predicted octanol–water partition coefficient (Wildman–Crippen LogP) is 5.84. The molecule has 0 heterocycles. The second kappa shape index (κ2) is 8.95. The lowest BCUT2D eigenvalue weighted by molar-refractivity contribution is 0.282. The summed E-state index contributed by atoms with van der Waals surface area (Å²) in [5.74, 6) is 1.29. The van der Waals surface area contributed by atoms with E-state index in [9.17, 15) is 0 Å². The Hall–Kier alpha value is -0.940. The van der Waals surface area contributed by atoms with Crippen LogP contribution in [-0.2, 0) is 13.2 Å². The molecular formula is C18H20BrCl2NO2. The normalized spacial score (nSPS) is 11.0. The van der Waals surface area contributed by atoms with E-state index in [2.05, 4.69) is 35.1 Å². The lowest BCUT2D eigenvalue weighted by atomic mass is 10.2. The molecule has 2 aromatic rings. The Bertz CT molecular complexity index is 687.